The molecule has 1 atom stereocenters. The molecule has 0 aliphatic heterocycles. The third-order valence-electron chi connectivity index (χ3n) is 2.23. The van der Waals surface area contributed by atoms with Crippen molar-refractivity contribution in [3.05, 3.63) is 28.5 Å². The number of hydrogen-bond acceptors (Lipinski definition) is 2. The van der Waals surface area contributed by atoms with Crippen LogP contribution < -0.4 is 10.1 Å². The molecule has 0 fully saturated rings. The minimum Gasteiger partial charge on any atom is -0.484 e. The third kappa shape index (κ3) is 5.17. The molecule has 1 amide bonds. The highest BCUT2D eigenvalue weighted by atomic mass is 79.9. The SMILES string of the molecule is CCC(C)NC(=O)COc1cc(F)cc(Br)c1. The number of hydrogen-bond donors (Lipinski definition) is 1. The molecule has 0 saturated heterocycles. The average Bonchev–Trinajstić information content (AvgIpc) is 2.25. The average molecular weight is 304 g/mol. The summed E-state index contributed by atoms with van der Waals surface area (Å²) in [5.41, 5.74) is 0. The van der Waals surface area contributed by atoms with E-state index in [1.807, 2.05) is 13.8 Å². The smallest absolute Gasteiger partial charge is 0.258 e. The number of benzene rings is 1. The third-order valence-corrected chi connectivity index (χ3v) is 2.68. The van der Waals surface area contributed by atoms with Gasteiger partial charge in [0.05, 0.1) is 0 Å². The fourth-order valence-electron chi connectivity index (χ4n) is 1.18. The van der Waals surface area contributed by atoms with Crippen molar-refractivity contribution in [2.75, 3.05) is 6.61 Å². The monoisotopic (exact) mass is 303 g/mol. The quantitative estimate of drug-likeness (QED) is 0.908. The zero-order valence-electron chi connectivity index (χ0n) is 9.80. The van der Waals surface area contributed by atoms with Gasteiger partial charge in [-0.25, -0.2) is 4.39 Å². The van der Waals surface area contributed by atoms with Gasteiger partial charge in [-0.2, -0.15) is 0 Å². The number of amides is 1. The van der Waals surface area contributed by atoms with Gasteiger partial charge in [-0.05, 0) is 25.5 Å². The summed E-state index contributed by atoms with van der Waals surface area (Å²) in [5.74, 6) is -0.285. The van der Waals surface area contributed by atoms with E-state index < -0.39 is 5.82 Å². The topological polar surface area (TPSA) is 38.3 Å². The molecular formula is C12H15BrFNO2. The van der Waals surface area contributed by atoms with Gasteiger partial charge in [-0.3, -0.25) is 4.79 Å². The Morgan fingerprint density at radius 1 is 1.53 bits per heavy atom. The highest BCUT2D eigenvalue weighted by molar-refractivity contribution is 9.10. The van der Waals surface area contributed by atoms with E-state index in [4.69, 9.17) is 4.74 Å². The Balaban J connectivity index is 2.47. The first-order chi connectivity index (χ1) is 8.01. The summed E-state index contributed by atoms with van der Waals surface area (Å²) in [5, 5.41) is 2.76. The van der Waals surface area contributed by atoms with Crippen LogP contribution in [0.1, 0.15) is 20.3 Å². The van der Waals surface area contributed by atoms with Crippen LogP contribution in [0.5, 0.6) is 5.75 Å². The molecule has 0 saturated carbocycles. The van der Waals surface area contributed by atoms with Crippen molar-refractivity contribution in [3.63, 3.8) is 0 Å². The zero-order chi connectivity index (χ0) is 12.8. The van der Waals surface area contributed by atoms with Crippen LogP contribution in [0.2, 0.25) is 0 Å². The summed E-state index contributed by atoms with van der Waals surface area (Å²) in [6.45, 7) is 3.78. The molecular weight excluding hydrogens is 289 g/mol. The summed E-state index contributed by atoms with van der Waals surface area (Å²) in [4.78, 5) is 11.4. The Kier molecular flexibility index (Phi) is 5.41. The van der Waals surface area contributed by atoms with Crippen molar-refractivity contribution in [3.8, 4) is 5.75 Å². The Labute approximate surface area is 108 Å². The van der Waals surface area contributed by atoms with Crippen LogP contribution in [-0.4, -0.2) is 18.6 Å². The van der Waals surface area contributed by atoms with Crippen LogP contribution in [0, 0.1) is 5.82 Å². The molecule has 0 aliphatic carbocycles. The van der Waals surface area contributed by atoms with E-state index in [0.717, 1.165) is 6.42 Å². The van der Waals surface area contributed by atoms with Crippen LogP contribution in [0.4, 0.5) is 4.39 Å². The van der Waals surface area contributed by atoms with E-state index in [0.29, 0.717) is 10.2 Å². The molecule has 0 radical (unpaired) electrons. The van der Waals surface area contributed by atoms with Crippen molar-refractivity contribution in [2.45, 2.75) is 26.3 Å². The summed E-state index contributed by atoms with van der Waals surface area (Å²) < 4.78 is 18.8. The summed E-state index contributed by atoms with van der Waals surface area (Å²) in [7, 11) is 0. The van der Waals surface area contributed by atoms with Gasteiger partial charge in [0.15, 0.2) is 6.61 Å². The maximum absolute atomic E-state index is 13.0. The molecule has 17 heavy (non-hydrogen) atoms. The summed E-state index contributed by atoms with van der Waals surface area (Å²) in [6.07, 6.45) is 0.858. The maximum atomic E-state index is 13.0. The largest absolute Gasteiger partial charge is 0.484 e. The fraction of sp³-hybridized carbons (Fsp3) is 0.417. The lowest BCUT2D eigenvalue weighted by Crippen LogP contribution is -2.35. The molecule has 1 aromatic carbocycles. The molecule has 0 spiro atoms. The van der Waals surface area contributed by atoms with Crippen LogP contribution in [0.25, 0.3) is 0 Å². The molecule has 94 valence electrons. The number of ether oxygens (including phenoxy) is 1. The minimum absolute atomic E-state index is 0.111. The normalized spacial score (nSPS) is 12.0. The van der Waals surface area contributed by atoms with Gasteiger partial charge in [0.1, 0.15) is 11.6 Å². The van der Waals surface area contributed by atoms with Gasteiger partial charge in [0.2, 0.25) is 0 Å². The Hall–Kier alpha value is -1.10. The van der Waals surface area contributed by atoms with Gasteiger partial charge in [0, 0.05) is 16.6 Å². The van der Waals surface area contributed by atoms with Gasteiger partial charge in [-0.1, -0.05) is 22.9 Å². The minimum atomic E-state index is -0.406. The number of rotatable bonds is 5. The Morgan fingerprint density at radius 2 is 2.24 bits per heavy atom. The van der Waals surface area contributed by atoms with Crippen molar-refractivity contribution in [2.24, 2.45) is 0 Å². The highest BCUT2D eigenvalue weighted by Crippen LogP contribution is 2.20. The second kappa shape index (κ2) is 6.59. The lowest BCUT2D eigenvalue weighted by atomic mass is 10.2. The standard InChI is InChI=1S/C12H15BrFNO2/c1-3-8(2)15-12(16)7-17-11-5-9(13)4-10(14)6-11/h4-6,8H,3,7H2,1-2H3,(H,15,16). The van der Waals surface area contributed by atoms with Crippen LogP contribution >= 0.6 is 15.9 Å². The van der Waals surface area contributed by atoms with Crippen LogP contribution in [0.3, 0.4) is 0 Å². The van der Waals surface area contributed by atoms with E-state index in [2.05, 4.69) is 21.2 Å². The van der Waals surface area contributed by atoms with E-state index in [-0.39, 0.29) is 18.6 Å². The van der Waals surface area contributed by atoms with Crippen molar-refractivity contribution in [1.82, 2.24) is 5.32 Å². The fourth-order valence-corrected chi connectivity index (χ4v) is 1.62. The zero-order valence-corrected chi connectivity index (χ0v) is 11.4. The van der Waals surface area contributed by atoms with Crippen LogP contribution in [0.15, 0.2) is 22.7 Å². The second-order valence-electron chi connectivity index (χ2n) is 3.77. The van der Waals surface area contributed by atoms with E-state index in [1.165, 1.54) is 12.1 Å². The predicted molar refractivity (Wildman–Crippen MR) is 67.5 cm³/mol. The Bertz CT molecular complexity index is 378. The van der Waals surface area contributed by atoms with Gasteiger partial charge in [0.25, 0.3) is 5.91 Å². The lowest BCUT2D eigenvalue weighted by molar-refractivity contribution is -0.123. The van der Waals surface area contributed by atoms with E-state index in [9.17, 15) is 9.18 Å². The Morgan fingerprint density at radius 3 is 2.82 bits per heavy atom. The number of halogens is 2. The molecule has 3 nitrogen and oxygen atoms in total. The molecule has 0 aliphatic rings. The van der Waals surface area contributed by atoms with Crippen molar-refractivity contribution >= 4 is 21.8 Å². The van der Waals surface area contributed by atoms with Gasteiger partial charge < -0.3 is 10.1 Å². The molecule has 1 N–H and O–H groups in total. The van der Waals surface area contributed by atoms with E-state index >= 15 is 0 Å². The number of carbonyl (C=O) groups is 1. The predicted octanol–water partition coefficient (Wildman–Crippen LogP) is 2.88. The van der Waals surface area contributed by atoms with Gasteiger partial charge >= 0.3 is 0 Å². The van der Waals surface area contributed by atoms with Crippen molar-refractivity contribution in [1.29, 1.82) is 0 Å². The molecule has 1 aromatic rings. The van der Waals surface area contributed by atoms with Crippen molar-refractivity contribution < 1.29 is 13.9 Å². The first-order valence-corrected chi connectivity index (χ1v) is 6.18. The highest BCUT2D eigenvalue weighted by Gasteiger charge is 2.07. The molecule has 0 aromatic heterocycles. The molecule has 5 heteroatoms. The maximum Gasteiger partial charge on any atom is 0.258 e. The number of nitrogens with one attached hydrogen (secondary N) is 1. The van der Waals surface area contributed by atoms with E-state index in [1.54, 1.807) is 6.07 Å². The van der Waals surface area contributed by atoms with Gasteiger partial charge in [-0.15, -0.1) is 0 Å². The molecule has 0 bridgehead atoms. The molecule has 1 rings (SSSR count). The summed E-state index contributed by atoms with van der Waals surface area (Å²) >= 11 is 3.15. The molecule has 0 heterocycles. The second-order valence-corrected chi connectivity index (χ2v) is 4.69. The lowest BCUT2D eigenvalue weighted by Gasteiger charge is -2.12. The molecule has 1 unspecified atom stereocenters. The first kappa shape index (κ1) is 14.0. The van der Waals surface area contributed by atoms with Crippen LogP contribution in [-0.2, 0) is 4.79 Å². The first-order valence-electron chi connectivity index (χ1n) is 5.39. The summed E-state index contributed by atoms with van der Waals surface area (Å²) in [6, 6.07) is 4.29. The number of carbonyl (C=O) groups excluding carboxylic acids is 1.